The third kappa shape index (κ3) is 5.43. The van der Waals surface area contributed by atoms with Crippen LogP contribution >= 0.6 is 11.6 Å². The lowest BCUT2D eigenvalue weighted by Crippen LogP contribution is -2.49. The van der Waals surface area contributed by atoms with Crippen LogP contribution in [0.2, 0.25) is 5.02 Å². The number of likely N-dealkylation sites (tertiary alicyclic amines) is 1. The number of rotatable bonds is 4. The second-order valence-electron chi connectivity index (χ2n) is 6.63. The smallest absolute Gasteiger partial charge is 0.0889 e. The number of nitrogens with zero attached hydrogens (tertiary/aromatic N) is 1. The van der Waals surface area contributed by atoms with Gasteiger partial charge in [-0.1, -0.05) is 65.7 Å². The van der Waals surface area contributed by atoms with Gasteiger partial charge in [0.05, 0.1) is 19.6 Å². The fourth-order valence-electron chi connectivity index (χ4n) is 3.25. The minimum atomic E-state index is 0.750. The second-order valence-corrected chi connectivity index (χ2v) is 7.06. The Hall–Kier alpha value is -2.14. The lowest BCUT2D eigenvalue weighted by molar-refractivity contribution is -0.894. The molecule has 2 heteroatoms. The molecular formula is C23H24ClN. The van der Waals surface area contributed by atoms with E-state index < -0.39 is 0 Å². The summed E-state index contributed by atoms with van der Waals surface area (Å²) in [6, 6.07) is 18.2. The average Bonchev–Trinajstić information content (AvgIpc) is 2.65. The molecule has 0 N–H and O–H groups in total. The number of hydrogen-bond acceptors (Lipinski definition) is 0. The van der Waals surface area contributed by atoms with E-state index in [0.717, 1.165) is 21.6 Å². The molecule has 2 aromatic rings. The standard InChI is InChI=1S/C23H24ClN/c24-23-15-13-22(14-16-23)12-8-20-25(17-5-2-6-18-25)19-7-11-21-9-3-1-4-10-21/h1,3-4,7,9-11,13-16,20H,2,5-6,17-19H2/b11-7+. The van der Waals surface area contributed by atoms with Crippen LogP contribution in [0.25, 0.3) is 6.08 Å². The third-order valence-electron chi connectivity index (χ3n) is 4.68. The number of halogens is 1. The maximum absolute atomic E-state index is 5.93. The van der Waals surface area contributed by atoms with Crippen LogP contribution in [-0.4, -0.2) is 24.1 Å². The van der Waals surface area contributed by atoms with E-state index in [9.17, 15) is 0 Å². The Morgan fingerprint density at radius 2 is 1.68 bits per heavy atom. The average molecular weight is 350 g/mol. The summed E-state index contributed by atoms with van der Waals surface area (Å²) in [5.41, 5.74) is 2.26. The summed E-state index contributed by atoms with van der Waals surface area (Å²) < 4.78 is 0.962. The largest absolute Gasteiger partial charge is 0.358 e. The summed E-state index contributed by atoms with van der Waals surface area (Å²) in [4.78, 5) is 0. The molecule has 0 spiro atoms. The molecule has 0 aliphatic carbocycles. The van der Waals surface area contributed by atoms with Gasteiger partial charge in [0.15, 0.2) is 0 Å². The SMILES string of the molecule is Clc1ccc(C#C[CH-][N+]2(C/C=C/c3ccccc3)CCCCC2)cc1. The van der Waals surface area contributed by atoms with Crippen molar-refractivity contribution in [3.63, 3.8) is 0 Å². The molecule has 3 rings (SSSR count). The first-order chi connectivity index (χ1) is 12.3. The monoisotopic (exact) mass is 349 g/mol. The van der Waals surface area contributed by atoms with Gasteiger partial charge in [0, 0.05) is 11.6 Å². The highest BCUT2D eigenvalue weighted by molar-refractivity contribution is 6.30. The zero-order valence-electron chi connectivity index (χ0n) is 14.5. The highest BCUT2D eigenvalue weighted by atomic mass is 35.5. The summed E-state index contributed by atoms with van der Waals surface area (Å²) in [6.07, 6.45) is 8.40. The Balaban J connectivity index is 1.66. The summed E-state index contributed by atoms with van der Waals surface area (Å²) in [5.74, 6) is 6.55. The van der Waals surface area contributed by atoms with Crippen molar-refractivity contribution in [2.45, 2.75) is 19.3 Å². The van der Waals surface area contributed by atoms with Crippen LogP contribution in [0.15, 0.2) is 60.7 Å². The van der Waals surface area contributed by atoms with Crippen molar-refractivity contribution in [1.29, 1.82) is 0 Å². The lowest BCUT2D eigenvalue weighted by atomic mass is 10.1. The van der Waals surface area contributed by atoms with Crippen molar-refractivity contribution >= 4 is 17.7 Å². The molecule has 0 amide bonds. The van der Waals surface area contributed by atoms with E-state index in [1.165, 1.54) is 37.9 Å². The highest BCUT2D eigenvalue weighted by Gasteiger charge is 2.23. The summed E-state index contributed by atoms with van der Waals surface area (Å²) in [6.45, 7) is 5.55. The van der Waals surface area contributed by atoms with E-state index in [0.29, 0.717) is 0 Å². The van der Waals surface area contributed by atoms with Gasteiger partial charge < -0.3 is 4.48 Å². The maximum atomic E-state index is 5.93. The Kier molecular flexibility index (Phi) is 6.23. The van der Waals surface area contributed by atoms with Gasteiger partial charge in [-0.25, -0.2) is 5.92 Å². The van der Waals surface area contributed by atoms with Gasteiger partial charge in [-0.3, -0.25) is 5.92 Å². The van der Waals surface area contributed by atoms with E-state index >= 15 is 0 Å². The fraction of sp³-hybridized carbons (Fsp3) is 0.261. The Morgan fingerprint density at radius 3 is 2.40 bits per heavy atom. The molecule has 1 nitrogen and oxygen atoms in total. The van der Waals surface area contributed by atoms with Crippen LogP contribution in [-0.2, 0) is 0 Å². The molecule has 0 aromatic heterocycles. The molecule has 0 atom stereocenters. The molecule has 0 unspecified atom stereocenters. The van der Waals surface area contributed by atoms with Crippen molar-refractivity contribution in [3.8, 4) is 11.8 Å². The molecule has 2 aromatic carbocycles. The minimum Gasteiger partial charge on any atom is -0.358 e. The van der Waals surface area contributed by atoms with Gasteiger partial charge in [-0.05, 0) is 43.0 Å². The maximum Gasteiger partial charge on any atom is 0.0889 e. The van der Waals surface area contributed by atoms with E-state index in [1.807, 2.05) is 24.3 Å². The normalized spacial score (nSPS) is 16.2. The molecule has 1 saturated heterocycles. The number of hydrogen-bond donors (Lipinski definition) is 0. The van der Waals surface area contributed by atoms with Crippen molar-refractivity contribution in [1.82, 2.24) is 0 Å². The predicted molar refractivity (Wildman–Crippen MR) is 107 cm³/mol. The number of benzene rings is 2. The van der Waals surface area contributed by atoms with Crippen LogP contribution in [0.4, 0.5) is 0 Å². The molecule has 1 fully saturated rings. The van der Waals surface area contributed by atoms with Gasteiger partial charge in [-0.15, -0.1) is 0 Å². The molecule has 0 saturated carbocycles. The van der Waals surface area contributed by atoms with Crippen LogP contribution in [0.3, 0.4) is 0 Å². The van der Waals surface area contributed by atoms with Gasteiger partial charge in [-0.2, -0.15) is 0 Å². The van der Waals surface area contributed by atoms with Gasteiger partial charge in [0.25, 0.3) is 0 Å². The molecule has 1 aliphatic heterocycles. The van der Waals surface area contributed by atoms with Crippen molar-refractivity contribution in [2.75, 3.05) is 19.6 Å². The molecular weight excluding hydrogens is 326 g/mol. The summed E-state index contributed by atoms with van der Waals surface area (Å²) >= 11 is 5.93. The van der Waals surface area contributed by atoms with Crippen molar-refractivity contribution in [2.24, 2.45) is 0 Å². The quantitative estimate of drug-likeness (QED) is 0.384. The minimum absolute atomic E-state index is 0.750. The lowest BCUT2D eigenvalue weighted by Gasteiger charge is -2.43. The van der Waals surface area contributed by atoms with Crippen LogP contribution in [0.5, 0.6) is 0 Å². The first-order valence-electron chi connectivity index (χ1n) is 8.95. The molecule has 0 bridgehead atoms. The third-order valence-corrected chi connectivity index (χ3v) is 4.94. The van der Waals surface area contributed by atoms with E-state index in [1.54, 1.807) is 0 Å². The second kappa shape index (κ2) is 8.81. The Bertz CT molecular complexity index is 744. The number of quaternary nitrogens is 1. The highest BCUT2D eigenvalue weighted by Crippen LogP contribution is 2.21. The Labute approximate surface area is 156 Å². The van der Waals surface area contributed by atoms with Crippen LogP contribution < -0.4 is 0 Å². The zero-order valence-corrected chi connectivity index (χ0v) is 15.3. The fourth-order valence-corrected chi connectivity index (χ4v) is 3.38. The van der Waals surface area contributed by atoms with Crippen molar-refractivity contribution < 1.29 is 4.48 Å². The van der Waals surface area contributed by atoms with Gasteiger partial charge in [0.1, 0.15) is 0 Å². The predicted octanol–water partition coefficient (Wildman–Crippen LogP) is 5.57. The van der Waals surface area contributed by atoms with E-state index in [4.69, 9.17) is 11.6 Å². The topological polar surface area (TPSA) is 0 Å². The molecule has 128 valence electrons. The first-order valence-corrected chi connectivity index (χ1v) is 9.32. The first kappa shape index (κ1) is 17.7. The van der Waals surface area contributed by atoms with Gasteiger partial charge >= 0.3 is 0 Å². The molecule has 1 aliphatic rings. The van der Waals surface area contributed by atoms with E-state index in [2.05, 4.69) is 60.9 Å². The zero-order chi connectivity index (χ0) is 17.4. The molecule has 0 radical (unpaired) electrons. The van der Waals surface area contributed by atoms with E-state index in [-0.39, 0.29) is 0 Å². The Morgan fingerprint density at radius 1 is 0.960 bits per heavy atom. The summed E-state index contributed by atoms with van der Waals surface area (Å²) in [7, 11) is 0. The molecule has 25 heavy (non-hydrogen) atoms. The van der Waals surface area contributed by atoms with Crippen LogP contribution in [0, 0.1) is 18.4 Å². The summed E-state index contributed by atoms with van der Waals surface area (Å²) in [5, 5.41) is 0.750. The van der Waals surface area contributed by atoms with Crippen LogP contribution in [0.1, 0.15) is 30.4 Å². The molecule has 1 heterocycles. The number of piperidine rings is 1. The van der Waals surface area contributed by atoms with Gasteiger partial charge in [0.2, 0.25) is 0 Å². The van der Waals surface area contributed by atoms with Crippen molar-refractivity contribution in [3.05, 3.63) is 83.4 Å².